The van der Waals surface area contributed by atoms with Crippen molar-refractivity contribution in [1.82, 2.24) is 0 Å². The fourth-order valence-electron chi connectivity index (χ4n) is 2.97. The molecule has 0 bridgehead atoms. The number of ether oxygens (including phenoxy) is 1. The fraction of sp³-hybridized carbons (Fsp3) is 0.933. The maximum atomic E-state index is 6.11. The molecule has 0 heterocycles. The molecule has 0 amide bonds. The van der Waals surface area contributed by atoms with E-state index in [1.54, 1.807) is 0 Å². The Morgan fingerprint density at radius 1 is 1.12 bits per heavy atom. The van der Waals surface area contributed by atoms with Crippen LogP contribution >= 0.6 is 0 Å². The number of rotatable bonds is 4. The van der Waals surface area contributed by atoms with Crippen LogP contribution in [0.3, 0.4) is 0 Å². The second-order valence-electron chi connectivity index (χ2n) is 6.49. The molecular weight excluding hydrogens is 224 g/mol. The molecule has 1 rings (SSSR count). The van der Waals surface area contributed by atoms with Crippen LogP contribution in [0.2, 0.25) is 19.6 Å². The summed E-state index contributed by atoms with van der Waals surface area (Å²) in [6.45, 7) is 10.4. The summed E-state index contributed by atoms with van der Waals surface area (Å²) in [5.41, 5.74) is 0.533. The van der Waals surface area contributed by atoms with Crippen LogP contribution in [0.5, 0.6) is 0 Å². The fourth-order valence-corrected chi connectivity index (χ4v) is 5.23. The molecule has 2 unspecified atom stereocenters. The van der Waals surface area contributed by atoms with E-state index < -0.39 is 8.07 Å². The van der Waals surface area contributed by atoms with Gasteiger partial charge in [0.25, 0.3) is 0 Å². The van der Waals surface area contributed by atoms with Gasteiger partial charge in [0.1, 0.15) is 0 Å². The van der Waals surface area contributed by atoms with Crippen molar-refractivity contribution in [2.75, 3.05) is 6.61 Å². The Kier molecular flexibility index (Phi) is 6.79. The zero-order chi connectivity index (χ0) is 12.7. The second kappa shape index (κ2) is 7.58. The summed E-state index contributed by atoms with van der Waals surface area (Å²) >= 11 is 0. The molecule has 1 saturated carbocycles. The first-order chi connectivity index (χ1) is 8.05. The first-order valence-corrected chi connectivity index (χ1v) is 11.1. The van der Waals surface area contributed by atoms with Crippen molar-refractivity contribution in [3.8, 4) is 0 Å². The lowest BCUT2D eigenvalue weighted by atomic mass is 9.97. The van der Waals surface area contributed by atoms with Crippen LogP contribution in [-0.2, 0) is 4.74 Å². The Morgan fingerprint density at radius 3 is 2.41 bits per heavy atom. The summed E-state index contributed by atoms with van der Waals surface area (Å²) in [5, 5.41) is 0. The van der Waals surface area contributed by atoms with E-state index in [0.717, 1.165) is 12.5 Å². The molecule has 1 radical (unpaired) electrons. The van der Waals surface area contributed by atoms with Crippen LogP contribution in [0.15, 0.2) is 0 Å². The Labute approximate surface area is 109 Å². The van der Waals surface area contributed by atoms with Crippen molar-refractivity contribution >= 4 is 8.07 Å². The SMILES string of the molecule is CCOC(C1[CH]CCCCCCC1)[Si](C)(C)C. The van der Waals surface area contributed by atoms with Crippen molar-refractivity contribution in [1.29, 1.82) is 0 Å². The molecule has 2 heteroatoms. The van der Waals surface area contributed by atoms with Crippen molar-refractivity contribution in [3.63, 3.8) is 0 Å². The molecule has 1 fully saturated rings. The van der Waals surface area contributed by atoms with Gasteiger partial charge in [-0.1, -0.05) is 51.7 Å². The summed E-state index contributed by atoms with van der Waals surface area (Å²) in [7, 11) is -1.20. The van der Waals surface area contributed by atoms with Crippen molar-refractivity contribution in [2.24, 2.45) is 5.92 Å². The summed E-state index contributed by atoms with van der Waals surface area (Å²) in [6, 6.07) is 0. The summed E-state index contributed by atoms with van der Waals surface area (Å²) in [4.78, 5) is 0. The third-order valence-corrected chi connectivity index (χ3v) is 6.10. The first kappa shape index (κ1) is 15.2. The highest BCUT2D eigenvalue weighted by Crippen LogP contribution is 2.30. The van der Waals surface area contributed by atoms with E-state index in [0.29, 0.717) is 5.73 Å². The van der Waals surface area contributed by atoms with E-state index >= 15 is 0 Å². The van der Waals surface area contributed by atoms with E-state index in [4.69, 9.17) is 4.74 Å². The van der Waals surface area contributed by atoms with Crippen molar-refractivity contribution in [2.45, 2.75) is 77.2 Å². The lowest BCUT2D eigenvalue weighted by molar-refractivity contribution is 0.0744. The predicted molar refractivity (Wildman–Crippen MR) is 78.9 cm³/mol. The zero-order valence-electron chi connectivity index (χ0n) is 12.3. The minimum atomic E-state index is -1.20. The number of hydrogen-bond donors (Lipinski definition) is 0. The molecule has 0 saturated heterocycles. The molecule has 0 aromatic rings. The van der Waals surface area contributed by atoms with Gasteiger partial charge >= 0.3 is 0 Å². The maximum Gasteiger partial charge on any atom is 0.0789 e. The lowest BCUT2D eigenvalue weighted by Gasteiger charge is -2.35. The Balaban J connectivity index is 2.61. The molecule has 17 heavy (non-hydrogen) atoms. The van der Waals surface area contributed by atoms with Gasteiger partial charge in [-0.15, -0.1) is 0 Å². The van der Waals surface area contributed by atoms with Gasteiger partial charge in [0.05, 0.1) is 13.8 Å². The third kappa shape index (κ3) is 5.56. The quantitative estimate of drug-likeness (QED) is 0.654. The van der Waals surface area contributed by atoms with Crippen LogP contribution in [0.25, 0.3) is 0 Å². The van der Waals surface area contributed by atoms with Crippen molar-refractivity contribution < 1.29 is 4.74 Å². The van der Waals surface area contributed by atoms with Gasteiger partial charge in [0.2, 0.25) is 0 Å². The van der Waals surface area contributed by atoms with Gasteiger partial charge in [-0.05, 0) is 32.1 Å². The molecule has 1 aliphatic carbocycles. The Morgan fingerprint density at radius 2 is 1.76 bits per heavy atom. The standard InChI is InChI=1S/C15H31OSi/c1-5-16-15(17(2,3)4)14-12-10-8-6-7-9-11-13-14/h12,14-15H,5-11,13H2,1-4H3. The first-order valence-electron chi connectivity index (χ1n) is 7.50. The summed E-state index contributed by atoms with van der Waals surface area (Å²) in [6.07, 6.45) is 12.3. The molecule has 101 valence electrons. The average Bonchev–Trinajstić information content (AvgIpc) is 2.37. The topological polar surface area (TPSA) is 9.23 Å². The smallest absolute Gasteiger partial charge is 0.0789 e. The zero-order valence-corrected chi connectivity index (χ0v) is 13.3. The van der Waals surface area contributed by atoms with Crippen LogP contribution in [-0.4, -0.2) is 20.4 Å². The Hall–Kier alpha value is 0.177. The number of hydrogen-bond acceptors (Lipinski definition) is 1. The summed E-state index contributed by atoms with van der Waals surface area (Å²) < 4.78 is 6.11. The van der Waals surface area contributed by atoms with Gasteiger partial charge < -0.3 is 4.74 Å². The molecule has 2 atom stereocenters. The molecule has 0 aliphatic heterocycles. The average molecular weight is 255 g/mol. The van der Waals surface area contributed by atoms with E-state index in [1.165, 1.54) is 44.9 Å². The van der Waals surface area contributed by atoms with Crippen LogP contribution in [0.4, 0.5) is 0 Å². The van der Waals surface area contributed by atoms with E-state index in [1.807, 2.05) is 0 Å². The van der Waals surface area contributed by atoms with E-state index in [-0.39, 0.29) is 0 Å². The Bertz CT molecular complexity index is 188. The maximum absolute atomic E-state index is 6.11. The highest BCUT2D eigenvalue weighted by atomic mass is 28.3. The van der Waals surface area contributed by atoms with Crippen molar-refractivity contribution in [3.05, 3.63) is 6.42 Å². The van der Waals surface area contributed by atoms with Crippen LogP contribution < -0.4 is 0 Å². The molecule has 0 N–H and O–H groups in total. The molecule has 0 aromatic carbocycles. The predicted octanol–water partition coefficient (Wildman–Crippen LogP) is 4.83. The van der Waals surface area contributed by atoms with E-state index in [9.17, 15) is 0 Å². The molecule has 1 nitrogen and oxygen atoms in total. The van der Waals surface area contributed by atoms with Gasteiger partial charge in [0.15, 0.2) is 0 Å². The van der Waals surface area contributed by atoms with Crippen LogP contribution in [0.1, 0.15) is 51.9 Å². The van der Waals surface area contributed by atoms with Gasteiger partial charge in [-0.25, -0.2) is 0 Å². The minimum absolute atomic E-state index is 0.533. The molecular formula is C15H31OSi. The lowest BCUT2D eigenvalue weighted by Crippen LogP contribution is -2.46. The van der Waals surface area contributed by atoms with Crippen LogP contribution in [0, 0.1) is 12.3 Å². The highest BCUT2D eigenvalue weighted by Gasteiger charge is 2.34. The monoisotopic (exact) mass is 255 g/mol. The van der Waals surface area contributed by atoms with Gasteiger partial charge in [-0.3, -0.25) is 0 Å². The highest BCUT2D eigenvalue weighted by molar-refractivity contribution is 6.77. The molecule has 0 aromatic heterocycles. The molecule has 0 spiro atoms. The second-order valence-corrected chi connectivity index (χ2v) is 11.8. The normalized spacial score (nSPS) is 22.6. The minimum Gasteiger partial charge on any atom is -0.382 e. The summed E-state index contributed by atoms with van der Waals surface area (Å²) in [5.74, 6) is 0.722. The van der Waals surface area contributed by atoms with Gasteiger partial charge in [-0.2, -0.15) is 0 Å². The van der Waals surface area contributed by atoms with E-state index in [2.05, 4.69) is 33.0 Å². The molecule has 1 aliphatic rings. The van der Waals surface area contributed by atoms with Gasteiger partial charge in [0, 0.05) is 6.61 Å². The third-order valence-electron chi connectivity index (χ3n) is 3.80. The largest absolute Gasteiger partial charge is 0.382 e.